The molecule has 2 heterocycles. The molecular formula is C24H23F3N4O6S2. The Morgan fingerprint density at radius 1 is 1.18 bits per heavy atom. The van der Waals surface area contributed by atoms with Crippen LogP contribution in [0.4, 0.5) is 24.5 Å². The summed E-state index contributed by atoms with van der Waals surface area (Å²) in [6, 6.07) is 7.79. The van der Waals surface area contributed by atoms with E-state index in [0.29, 0.717) is 19.3 Å². The zero-order chi connectivity index (χ0) is 28.3. The number of benzene rings is 2. The van der Waals surface area contributed by atoms with Gasteiger partial charge in [-0.3, -0.25) is 9.52 Å². The molecule has 1 aliphatic carbocycles. The molecule has 0 saturated heterocycles. The molecule has 1 saturated carbocycles. The molecule has 0 aromatic heterocycles. The second kappa shape index (κ2) is 9.26. The molecule has 2 aliphatic heterocycles. The minimum Gasteiger partial charge on any atom is -0.511 e. The molecule has 208 valence electrons. The second-order valence-corrected chi connectivity index (χ2v) is 12.9. The highest BCUT2D eigenvalue weighted by Crippen LogP contribution is 2.42. The number of sulfonamides is 2. The van der Waals surface area contributed by atoms with Crippen LogP contribution in [0.1, 0.15) is 30.4 Å². The Bertz CT molecular complexity index is 1650. The highest BCUT2D eigenvalue weighted by Gasteiger charge is 2.46. The number of amides is 1. The number of aliphatic hydroxyl groups is 1. The first-order valence-corrected chi connectivity index (χ1v) is 15.1. The van der Waals surface area contributed by atoms with Crippen LogP contribution in [-0.4, -0.2) is 50.9 Å². The van der Waals surface area contributed by atoms with Crippen molar-refractivity contribution in [3.05, 3.63) is 64.9 Å². The fourth-order valence-corrected chi connectivity index (χ4v) is 6.92. The fourth-order valence-electron chi connectivity index (χ4n) is 5.22. The number of amidine groups is 1. The van der Waals surface area contributed by atoms with Gasteiger partial charge in [-0.05, 0) is 48.7 Å². The van der Waals surface area contributed by atoms with E-state index in [9.17, 15) is 39.9 Å². The SMILES string of the molecule is CS(=O)(=O)Nc1ccc2c(c1)S(=O)(=O)N=C(C1=C(O)[C@@H]3CCC[C@@H]3N(Cc3cccc(C(F)(F)F)c3)C1=O)N2. The first-order valence-electron chi connectivity index (χ1n) is 11.8. The van der Waals surface area contributed by atoms with Crippen LogP contribution in [0.2, 0.25) is 0 Å². The van der Waals surface area contributed by atoms with Gasteiger partial charge in [0.1, 0.15) is 16.2 Å². The van der Waals surface area contributed by atoms with Gasteiger partial charge >= 0.3 is 6.18 Å². The lowest BCUT2D eigenvalue weighted by molar-refractivity contribution is -0.137. The smallest absolute Gasteiger partial charge is 0.416 e. The molecule has 3 aliphatic rings. The minimum atomic E-state index is -4.57. The largest absolute Gasteiger partial charge is 0.511 e. The first-order chi connectivity index (χ1) is 18.1. The Morgan fingerprint density at radius 3 is 2.62 bits per heavy atom. The Kier molecular flexibility index (Phi) is 6.41. The third-order valence-electron chi connectivity index (χ3n) is 6.83. The average Bonchev–Trinajstić information content (AvgIpc) is 3.31. The number of aliphatic hydroxyl groups excluding tert-OH is 1. The summed E-state index contributed by atoms with van der Waals surface area (Å²) in [4.78, 5) is 14.7. The number of halogens is 3. The Morgan fingerprint density at radius 2 is 1.92 bits per heavy atom. The Hall–Kier alpha value is -3.59. The van der Waals surface area contributed by atoms with Crippen molar-refractivity contribution in [2.75, 3.05) is 16.3 Å². The van der Waals surface area contributed by atoms with E-state index in [1.165, 1.54) is 29.2 Å². The maximum absolute atomic E-state index is 13.7. The van der Waals surface area contributed by atoms with Crippen LogP contribution in [0.3, 0.4) is 0 Å². The number of hydrogen-bond donors (Lipinski definition) is 3. The highest BCUT2D eigenvalue weighted by atomic mass is 32.2. The van der Waals surface area contributed by atoms with E-state index in [1.807, 2.05) is 0 Å². The van der Waals surface area contributed by atoms with Crippen molar-refractivity contribution in [3.8, 4) is 0 Å². The maximum atomic E-state index is 13.7. The van der Waals surface area contributed by atoms with E-state index in [-0.39, 0.29) is 39.7 Å². The van der Waals surface area contributed by atoms with Crippen LogP contribution in [0.25, 0.3) is 0 Å². The number of nitrogens with one attached hydrogen (secondary N) is 2. The van der Waals surface area contributed by atoms with Crippen molar-refractivity contribution in [3.63, 3.8) is 0 Å². The zero-order valence-corrected chi connectivity index (χ0v) is 22.0. The summed E-state index contributed by atoms with van der Waals surface area (Å²) in [7, 11) is -8.13. The lowest BCUT2D eigenvalue weighted by Crippen LogP contribution is -2.49. The van der Waals surface area contributed by atoms with Crippen LogP contribution in [0, 0.1) is 5.92 Å². The van der Waals surface area contributed by atoms with Crippen LogP contribution in [0.15, 0.2) is 63.1 Å². The zero-order valence-electron chi connectivity index (χ0n) is 20.4. The quantitative estimate of drug-likeness (QED) is 0.487. The third-order valence-corrected chi connectivity index (χ3v) is 8.76. The van der Waals surface area contributed by atoms with E-state index < -0.39 is 55.5 Å². The van der Waals surface area contributed by atoms with Crippen LogP contribution >= 0.6 is 0 Å². The molecule has 2 aromatic rings. The van der Waals surface area contributed by atoms with Gasteiger partial charge in [-0.25, -0.2) is 8.42 Å². The van der Waals surface area contributed by atoms with Gasteiger partial charge in [0.2, 0.25) is 10.0 Å². The van der Waals surface area contributed by atoms with E-state index in [4.69, 9.17) is 0 Å². The fraction of sp³-hybridized carbons (Fsp3) is 0.333. The van der Waals surface area contributed by atoms with Gasteiger partial charge < -0.3 is 15.3 Å². The Labute approximate surface area is 222 Å². The molecule has 1 fully saturated rings. The van der Waals surface area contributed by atoms with Crippen molar-refractivity contribution >= 4 is 43.2 Å². The molecule has 0 unspecified atom stereocenters. The van der Waals surface area contributed by atoms with Gasteiger partial charge in [-0.2, -0.15) is 21.6 Å². The van der Waals surface area contributed by atoms with Gasteiger partial charge in [-0.1, -0.05) is 18.6 Å². The molecule has 0 spiro atoms. The van der Waals surface area contributed by atoms with Crippen molar-refractivity contribution in [1.82, 2.24) is 4.90 Å². The van der Waals surface area contributed by atoms with Crippen molar-refractivity contribution in [1.29, 1.82) is 0 Å². The Balaban J connectivity index is 1.52. The number of hydrogen-bond acceptors (Lipinski definition) is 7. The van der Waals surface area contributed by atoms with Crippen LogP contribution < -0.4 is 10.0 Å². The number of carbonyl (C=O) groups excluding carboxylic acids is 1. The minimum absolute atomic E-state index is 0.00475. The topological polar surface area (TPSA) is 145 Å². The lowest BCUT2D eigenvalue weighted by atomic mass is 9.89. The molecule has 2 aromatic carbocycles. The van der Waals surface area contributed by atoms with Gasteiger partial charge in [0.15, 0.2) is 5.84 Å². The summed E-state index contributed by atoms with van der Waals surface area (Å²) in [6.45, 7) is -0.183. The van der Waals surface area contributed by atoms with Gasteiger partial charge in [0.05, 0.1) is 17.5 Å². The molecule has 2 atom stereocenters. The summed E-state index contributed by atoms with van der Waals surface area (Å²) < 4.78 is 94.8. The predicted molar refractivity (Wildman–Crippen MR) is 136 cm³/mol. The van der Waals surface area contributed by atoms with E-state index in [0.717, 1.165) is 24.5 Å². The van der Waals surface area contributed by atoms with Gasteiger partial charge in [0, 0.05) is 24.2 Å². The average molecular weight is 585 g/mol. The van der Waals surface area contributed by atoms with Crippen molar-refractivity contribution in [2.45, 2.75) is 42.9 Å². The number of nitrogens with zero attached hydrogens (tertiary/aromatic N) is 2. The number of anilines is 2. The molecule has 1 amide bonds. The summed E-state index contributed by atoms with van der Waals surface area (Å²) in [5.74, 6) is -2.07. The highest BCUT2D eigenvalue weighted by molar-refractivity contribution is 7.92. The normalized spacial score (nSPS) is 22.6. The number of alkyl halides is 3. The lowest BCUT2D eigenvalue weighted by Gasteiger charge is -2.39. The van der Waals surface area contributed by atoms with Gasteiger partial charge in [-0.15, -0.1) is 4.40 Å². The van der Waals surface area contributed by atoms with E-state index in [2.05, 4.69) is 14.4 Å². The van der Waals surface area contributed by atoms with E-state index >= 15 is 0 Å². The molecular weight excluding hydrogens is 561 g/mol. The molecule has 0 radical (unpaired) electrons. The summed E-state index contributed by atoms with van der Waals surface area (Å²) in [6.07, 6.45) is -2.01. The molecule has 5 rings (SSSR count). The van der Waals surface area contributed by atoms with Crippen molar-refractivity contribution in [2.24, 2.45) is 10.3 Å². The number of rotatable bonds is 5. The monoisotopic (exact) mass is 584 g/mol. The maximum Gasteiger partial charge on any atom is 0.416 e. The molecule has 0 bridgehead atoms. The van der Waals surface area contributed by atoms with Gasteiger partial charge in [0.25, 0.3) is 15.9 Å². The molecule has 15 heteroatoms. The third kappa shape index (κ3) is 5.20. The van der Waals surface area contributed by atoms with E-state index in [1.54, 1.807) is 0 Å². The predicted octanol–water partition coefficient (Wildman–Crippen LogP) is 3.61. The standard InChI is InChI=1S/C24H23F3N4O6S2/c1-38(34,35)29-15-8-9-17-19(11-15)39(36,37)30-22(28-17)20-21(32)16-6-3-7-18(16)31(23(20)33)12-13-4-2-5-14(10-13)24(25,26)27/h2,4-5,8-11,16,18,29,32H,3,6-7,12H2,1H3,(H,28,30)/t16-,18+/m1/s1. The number of carbonyl (C=O) groups is 1. The summed E-state index contributed by atoms with van der Waals surface area (Å²) in [5, 5.41) is 13.8. The second-order valence-electron chi connectivity index (χ2n) is 9.62. The molecule has 3 N–H and O–H groups in total. The van der Waals surface area contributed by atoms with Crippen LogP contribution in [-0.2, 0) is 37.6 Å². The number of fused-ring (bicyclic) bond motifs is 2. The molecule has 39 heavy (non-hydrogen) atoms. The summed E-state index contributed by atoms with van der Waals surface area (Å²) in [5.41, 5.74) is -1.02. The first kappa shape index (κ1) is 27.0. The van der Waals surface area contributed by atoms with Crippen molar-refractivity contribution < 1.29 is 39.9 Å². The van der Waals surface area contributed by atoms with Crippen LogP contribution in [0.5, 0.6) is 0 Å². The summed E-state index contributed by atoms with van der Waals surface area (Å²) >= 11 is 0. The molecule has 10 nitrogen and oxygen atoms in total.